The van der Waals surface area contributed by atoms with Crippen LogP contribution >= 0.6 is 11.3 Å². The van der Waals surface area contributed by atoms with Crippen molar-refractivity contribution in [1.82, 2.24) is 9.88 Å². The summed E-state index contributed by atoms with van der Waals surface area (Å²) in [6.07, 6.45) is 2.17. The molecule has 0 spiro atoms. The molecule has 0 aliphatic carbocycles. The van der Waals surface area contributed by atoms with Crippen molar-refractivity contribution in [2.45, 2.75) is 25.3 Å². The lowest BCUT2D eigenvalue weighted by molar-refractivity contribution is -0.131. The second-order valence-corrected chi connectivity index (χ2v) is 8.33. The van der Waals surface area contributed by atoms with Gasteiger partial charge in [0.05, 0.1) is 18.2 Å². The minimum Gasteiger partial charge on any atom is -0.486 e. The zero-order valence-corrected chi connectivity index (χ0v) is 17.2. The second kappa shape index (κ2) is 8.07. The number of hydrogen-bond acceptors (Lipinski definition) is 5. The molecule has 2 aliphatic rings. The van der Waals surface area contributed by atoms with Crippen LogP contribution in [0, 0.1) is 5.82 Å². The molecule has 3 aromatic rings. The molecule has 0 unspecified atom stereocenters. The molecule has 2 aliphatic heterocycles. The van der Waals surface area contributed by atoms with E-state index in [2.05, 4.69) is 4.98 Å². The van der Waals surface area contributed by atoms with Crippen molar-refractivity contribution in [3.63, 3.8) is 0 Å². The van der Waals surface area contributed by atoms with Crippen LogP contribution in [0.3, 0.4) is 0 Å². The molecule has 2 aromatic carbocycles. The molecule has 3 heterocycles. The zero-order chi connectivity index (χ0) is 20.5. The molecule has 0 saturated carbocycles. The van der Waals surface area contributed by atoms with Gasteiger partial charge in [0.2, 0.25) is 5.91 Å². The number of carbonyl (C=O) groups excluding carboxylic acids is 1. The van der Waals surface area contributed by atoms with E-state index < -0.39 is 0 Å². The van der Waals surface area contributed by atoms with Gasteiger partial charge >= 0.3 is 0 Å². The van der Waals surface area contributed by atoms with E-state index in [4.69, 9.17) is 9.47 Å². The molecule has 1 amide bonds. The number of nitrogens with zero attached hydrogens (tertiary/aromatic N) is 2. The molecule has 1 fully saturated rings. The molecule has 1 atom stereocenters. The minimum absolute atomic E-state index is 0.0449. The lowest BCUT2D eigenvalue weighted by atomic mass is 10.0. The molecule has 7 heteroatoms. The number of likely N-dealkylation sites (tertiary alicyclic amines) is 1. The Balaban J connectivity index is 1.30. The Labute approximate surface area is 178 Å². The number of aromatic nitrogens is 1. The van der Waals surface area contributed by atoms with Gasteiger partial charge in [0.25, 0.3) is 0 Å². The molecule has 30 heavy (non-hydrogen) atoms. The van der Waals surface area contributed by atoms with Crippen molar-refractivity contribution in [3.05, 3.63) is 64.9 Å². The molecular weight excluding hydrogens is 403 g/mol. The highest BCUT2D eigenvalue weighted by molar-refractivity contribution is 7.13. The number of rotatable bonds is 4. The van der Waals surface area contributed by atoms with Crippen molar-refractivity contribution >= 4 is 17.2 Å². The van der Waals surface area contributed by atoms with E-state index in [1.807, 2.05) is 28.5 Å². The third-order valence-corrected chi connectivity index (χ3v) is 6.44. The highest BCUT2D eigenvalue weighted by Crippen LogP contribution is 2.38. The fourth-order valence-electron chi connectivity index (χ4n) is 4.05. The van der Waals surface area contributed by atoms with Crippen LogP contribution in [0.15, 0.2) is 47.8 Å². The van der Waals surface area contributed by atoms with Crippen molar-refractivity contribution in [2.75, 3.05) is 19.8 Å². The Hall–Kier alpha value is -2.93. The molecule has 5 rings (SSSR count). The van der Waals surface area contributed by atoms with Crippen LogP contribution in [0.2, 0.25) is 0 Å². The third kappa shape index (κ3) is 3.77. The summed E-state index contributed by atoms with van der Waals surface area (Å²) in [5.74, 6) is 1.31. The first-order valence-corrected chi connectivity index (χ1v) is 10.9. The molecule has 0 bridgehead atoms. The van der Waals surface area contributed by atoms with Gasteiger partial charge in [-0.05, 0) is 54.8 Å². The number of fused-ring (bicyclic) bond motifs is 1. The zero-order valence-electron chi connectivity index (χ0n) is 16.3. The number of halogens is 1. The summed E-state index contributed by atoms with van der Waals surface area (Å²) >= 11 is 1.47. The van der Waals surface area contributed by atoms with Gasteiger partial charge in [0.15, 0.2) is 11.5 Å². The fourth-order valence-corrected chi connectivity index (χ4v) is 4.87. The number of thiazole rings is 1. The molecular formula is C23H21FN2O3S. The van der Waals surface area contributed by atoms with Crippen LogP contribution in [0.4, 0.5) is 4.39 Å². The van der Waals surface area contributed by atoms with Gasteiger partial charge in [0, 0.05) is 17.5 Å². The molecule has 5 nitrogen and oxygen atoms in total. The topological polar surface area (TPSA) is 51.7 Å². The molecule has 154 valence electrons. The van der Waals surface area contributed by atoms with Crippen LogP contribution in [-0.4, -0.2) is 35.5 Å². The Kier molecular flexibility index (Phi) is 5.12. The molecule has 0 N–H and O–H groups in total. The Morgan fingerprint density at radius 2 is 1.93 bits per heavy atom. The summed E-state index contributed by atoms with van der Waals surface area (Å²) in [6.45, 7) is 1.85. The number of hydrogen-bond donors (Lipinski definition) is 0. The lowest BCUT2D eigenvalue weighted by Gasteiger charge is -2.26. The van der Waals surface area contributed by atoms with E-state index in [9.17, 15) is 9.18 Å². The number of carbonyl (C=O) groups is 1. The highest BCUT2D eigenvalue weighted by Gasteiger charge is 2.31. The smallest absolute Gasteiger partial charge is 0.229 e. The van der Waals surface area contributed by atoms with Crippen molar-refractivity contribution < 1.29 is 18.7 Å². The predicted molar refractivity (Wildman–Crippen MR) is 112 cm³/mol. The number of ether oxygens (including phenoxy) is 2. The van der Waals surface area contributed by atoms with E-state index in [1.165, 1.54) is 23.5 Å². The van der Waals surface area contributed by atoms with E-state index >= 15 is 0 Å². The summed E-state index contributed by atoms with van der Waals surface area (Å²) in [5.41, 5.74) is 2.68. The van der Waals surface area contributed by atoms with Crippen LogP contribution in [0.5, 0.6) is 11.5 Å². The van der Waals surface area contributed by atoms with E-state index in [0.717, 1.165) is 52.7 Å². The van der Waals surface area contributed by atoms with E-state index in [-0.39, 0.29) is 24.2 Å². The Morgan fingerprint density at radius 3 is 2.77 bits per heavy atom. The first-order valence-electron chi connectivity index (χ1n) is 10.1. The predicted octanol–water partition coefficient (Wildman–Crippen LogP) is 4.63. The summed E-state index contributed by atoms with van der Waals surface area (Å²) in [6, 6.07) is 12.3. The highest BCUT2D eigenvalue weighted by atomic mass is 32.1. The Bertz CT molecular complexity index is 1070. The first kappa shape index (κ1) is 19.1. The van der Waals surface area contributed by atoms with Crippen LogP contribution in [0.1, 0.15) is 30.1 Å². The van der Waals surface area contributed by atoms with Gasteiger partial charge < -0.3 is 14.4 Å². The van der Waals surface area contributed by atoms with E-state index in [0.29, 0.717) is 13.2 Å². The summed E-state index contributed by atoms with van der Waals surface area (Å²) in [5, 5.41) is 2.70. The van der Waals surface area contributed by atoms with Crippen LogP contribution in [0.25, 0.3) is 10.6 Å². The van der Waals surface area contributed by atoms with Gasteiger partial charge in [0.1, 0.15) is 24.0 Å². The Morgan fingerprint density at radius 1 is 1.13 bits per heavy atom. The maximum absolute atomic E-state index is 13.1. The van der Waals surface area contributed by atoms with Crippen LogP contribution < -0.4 is 9.47 Å². The quantitative estimate of drug-likeness (QED) is 0.613. The lowest BCUT2D eigenvalue weighted by Crippen LogP contribution is -2.32. The molecule has 1 aromatic heterocycles. The average molecular weight is 424 g/mol. The van der Waals surface area contributed by atoms with Crippen LogP contribution in [-0.2, 0) is 11.2 Å². The van der Waals surface area contributed by atoms with E-state index in [1.54, 1.807) is 12.1 Å². The number of amides is 1. The van der Waals surface area contributed by atoms with Gasteiger partial charge in [-0.15, -0.1) is 11.3 Å². The van der Waals surface area contributed by atoms with Crippen molar-refractivity contribution in [3.8, 4) is 22.1 Å². The summed E-state index contributed by atoms with van der Waals surface area (Å²) in [4.78, 5) is 19.6. The fraction of sp³-hybridized carbons (Fsp3) is 0.304. The minimum atomic E-state index is -0.273. The number of benzene rings is 2. The van der Waals surface area contributed by atoms with Gasteiger partial charge in [-0.2, -0.15) is 0 Å². The normalized spacial score (nSPS) is 17.9. The molecule has 0 radical (unpaired) electrons. The average Bonchev–Trinajstić information content (AvgIpc) is 3.44. The van der Waals surface area contributed by atoms with Crippen molar-refractivity contribution in [2.24, 2.45) is 0 Å². The van der Waals surface area contributed by atoms with Gasteiger partial charge in [-0.25, -0.2) is 9.37 Å². The second-order valence-electron chi connectivity index (χ2n) is 7.48. The first-order chi connectivity index (χ1) is 14.7. The summed E-state index contributed by atoms with van der Waals surface area (Å²) < 4.78 is 24.5. The standard InChI is InChI=1S/C23H21FN2O3S/c24-17-6-3-15(4-7-17)23-25-18(14-30-23)13-22(27)26-9-1-2-19(26)16-5-8-20-21(12-16)29-11-10-28-20/h3-8,12,14,19H,1-2,9-11,13H2/t19-/m1/s1. The third-order valence-electron chi connectivity index (χ3n) is 5.50. The monoisotopic (exact) mass is 424 g/mol. The van der Waals surface area contributed by atoms with Gasteiger partial charge in [-0.1, -0.05) is 6.07 Å². The maximum atomic E-state index is 13.1. The summed E-state index contributed by atoms with van der Waals surface area (Å²) in [7, 11) is 0. The largest absolute Gasteiger partial charge is 0.486 e. The maximum Gasteiger partial charge on any atom is 0.229 e. The van der Waals surface area contributed by atoms with Crippen molar-refractivity contribution in [1.29, 1.82) is 0 Å². The SMILES string of the molecule is O=C(Cc1csc(-c2ccc(F)cc2)n1)N1CCC[C@@H]1c1ccc2c(c1)OCCO2. The van der Waals surface area contributed by atoms with Gasteiger partial charge in [-0.3, -0.25) is 4.79 Å². The molecule has 1 saturated heterocycles.